The first kappa shape index (κ1) is 16.7. The van der Waals surface area contributed by atoms with Crippen molar-refractivity contribution in [3.63, 3.8) is 0 Å². The van der Waals surface area contributed by atoms with Gasteiger partial charge in [-0.2, -0.15) is 17.4 Å². The molecule has 1 fully saturated rings. The highest BCUT2D eigenvalue weighted by molar-refractivity contribution is 7.87. The monoisotopic (exact) mass is 299 g/mol. The van der Waals surface area contributed by atoms with Gasteiger partial charge in [0.15, 0.2) is 0 Å². The fourth-order valence-electron chi connectivity index (χ4n) is 2.10. The summed E-state index contributed by atoms with van der Waals surface area (Å²) in [5, 5.41) is 3.32. The van der Waals surface area contributed by atoms with Crippen LogP contribution in [0.3, 0.4) is 0 Å². The molecule has 2 N–H and O–H groups in total. The molecule has 8 heteroatoms. The van der Waals surface area contributed by atoms with Gasteiger partial charge in [-0.3, -0.25) is 0 Å². The Hall–Kier alpha value is -0.310. The molecule has 1 heterocycles. The number of halogens is 2. The van der Waals surface area contributed by atoms with E-state index in [2.05, 4.69) is 12.2 Å². The third kappa shape index (κ3) is 6.11. The van der Waals surface area contributed by atoms with Gasteiger partial charge in [-0.05, 0) is 38.3 Å². The minimum atomic E-state index is -3.74. The molecule has 0 amide bonds. The Morgan fingerprint density at radius 2 is 1.95 bits per heavy atom. The van der Waals surface area contributed by atoms with E-state index in [1.165, 1.54) is 4.31 Å². The fourth-order valence-corrected chi connectivity index (χ4v) is 3.31. The van der Waals surface area contributed by atoms with Crippen molar-refractivity contribution < 1.29 is 17.2 Å². The highest BCUT2D eigenvalue weighted by Crippen LogP contribution is 2.18. The van der Waals surface area contributed by atoms with Crippen LogP contribution in [-0.2, 0) is 10.2 Å². The molecular weight excluding hydrogens is 276 g/mol. The highest BCUT2D eigenvalue weighted by atomic mass is 32.2. The van der Waals surface area contributed by atoms with Gasteiger partial charge in [0.05, 0.1) is 6.54 Å². The van der Waals surface area contributed by atoms with Gasteiger partial charge >= 0.3 is 0 Å². The predicted molar refractivity (Wildman–Crippen MR) is 70.4 cm³/mol. The second-order valence-electron chi connectivity index (χ2n) is 4.79. The Labute approximate surface area is 113 Å². The molecule has 1 aliphatic heterocycles. The van der Waals surface area contributed by atoms with Crippen LogP contribution < -0.4 is 10.0 Å². The van der Waals surface area contributed by atoms with E-state index in [0.717, 1.165) is 32.4 Å². The lowest BCUT2D eigenvalue weighted by atomic mass is 9.98. The Morgan fingerprint density at radius 3 is 2.47 bits per heavy atom. The molecule has 1 saturated heterocycles. The van der Waals surface area contributed by atoms with Crippen LogP contribution in [0.2, 0.25) is 0 Å². The molecule has 1 aliphatic rings. The number of rotatable bonds is 8. The molecule has 0 aliphatic carbocycles. The van der Waals surface area contributed by atoms with E-state index in [-0.39, 0.29) is 0 Å². The van der Waals surface area contributed by atoms with Crippen molar-refractivity contribution in [2.75, 3.05) is 32.7 Å². The maximum absolute atomic E-state index is 12.0. The van der Waals surface area contributed by atoms with Crippen molar-refractivity contribution in [3.8, 4) is 0 Å². The van der Waals surface area contributed by atoms with Gasteiger partial charge in [-0.15, -0.1) is 0 Å². The number of piperidine rings is 1. The van der Waals surface area contributed by atoms with Crippen LogP contribution in [0.25, 0.3) is 0 Å². The summed E-state index contributed by atoms with van der Waals surface area (Å²) in [4.78, 5) is 0. The molecule has 0 atom stereocenters. The second-order valence-corrected chi connectivity index (χ2v) is 6.55. The number of nitrogens with one attached hydrogen (secondary N) is 2. The molecule has 114 valence electrons. The molecule has 0 aromatic carbocycles. The van der Waals surface area contributed by atoms with Gasteiger partial charge < -0.3 is 5.32 Å². The lowest BCUT2D eigenvalue weighted by Gasteiger charge is -2.31. The van der Waals surface area contributed by atoms with Crippen LogP contribution in [0.1, 0.15) is 26.2 Å². The van der Waals surface area contributed by atoms with Crippen LogP contribution in [0.15, 0.2) is 0 Å². The first-order chi connectivity index (χ1) is 8.95. The van der Waals surface area contributed by atoms with Crippen molar-refractivity contribution in [1.82, 2.24) is 14.3 Å². The van der Waals surface area contributed by atoms with Crippen LogP contribution >= 0.6 is 0 Å². The molecule has 5 nitrogen and oxygen atoms in total. The van der Waals surface area contributed by atoms with E-state index in [4.69, 9.17) is 0 Å². The highest BCUT2D eigenvalue weighted by Gasteiger charge is 2.28. The van der Waals surface area contributed by atoms with Crippen LogP contribution in [-0.4, -0.2) is 51.9 Å². The summed E-state index contributed by atoms with van der Waals surface area (Å²) >= 11 is 0. The summed E-state index contributed by atoms with van der Waals surface area (Å²) in [6, 6.07) is 0. The second kappa shape index (κ2) is 8.08. The minimum Gasteiger partial charge on any atom is -0.316 e. The Kier molecular flexibility index (Phi) is 7.12. The van der Waals surface area contributed by atoms with Gasteiger partial charge in [0.1, 0.15) is 0 Å². The van der Waals surface area contributed by atoms with Gasteiger partial charge in [0, 0.05) is 13.1 Å². The van der Waals surface area contributed by atoms with Gasteiger partial charge in [0.25, 0.3) is 16.6 Å². The summed E-state index contributed by atoms with van der Waals surface area (Å²) in [6.07, 6.45) is -0.0471. The SMILES string of the molecule is CCCNCC1CCN(S(=O)(=O)NCC(F)F)CC1. The number of hydrogen-bond donors (Lipinski definition) is 2. The molecule has 19 heavy (non-hydrogen) atoms. The summed E-state index contributed by atoms with van der Waals surface area (Å²) in [6.45, 7) is 3.94. The quantitative estimate of drug-likeness (QED) is 0.652. The molecule has 0 aromatic heterocycles. The van der Waals surface area contributed by atoms with Gasteiger partial charge in [-0.1, -0.05) is 6.92 Å². The Bertz CT molecular complexity index is 344. The van der Waals surface area contributed by atoms with Crippen LogP contribution in [0, 0.1) is 5.92 Å². The Morgan fingerprint density at radius 1 is 1.32 bits per heavy atom. The lowest BCUT2D eigenvalue weighted by molar-refractivity contribution is 0.152. The number of hydrogen-bond acceptors (Lipinski definition) is 3. The molecule has 1 rings (SSSR count). The van der Waals surface area contributed by atoms with E-state index in [0.29, 0.717) is 19.0 Å². The van der Waals surface area contributed by atoms with E-state index in [9.17, 15) is 17.2 Å². The largest absolute Gasteiger partial charge is 0.316 e. The van der Waals surface area contributed by atoms with Crippen molar-refractivity contribution >= 4 is 10.2 Å². The number of alkyl halides is 2. The zero-order valence-electron chi connectivity index (χ0n) is 11.2. The molecule has 0 aromatic rings. The summed E-state index contributed by atoms with van der Waals surface area (Å²) in [5.41, 5.74) is 0. The first-order valence-electron chi connectivity index (χ1n) is 6.69. The lowest BCUT2D eigenvalue weighted by Crippen LogP contribution is -2.47. The molecule has 0 saturated carbocycles. The predicted octanol–water partition coefficient (Wildman–Crippen LogP) is 0.797. The molecule has 0 radical (unpaired) electrons. The zero-order valence-corrected chi connectivity index (χ0v) is 12.1. The van der Waals surface area contributed by atoms with Gasteiger partial charge in [-0.25, -0.2) is 8.78 Å². The van der Waals surface area contributed by atoms with Crippen molar-refractivity contribution in [2.45, 2.75) is 32.6 Å². The van der Waals surface area contributed by atoms with E-state index in [1.54, 1.807) is 0 Å². The van der Waals surface area contributed by atoms with Gasteiger partial charge in [0.2, 0.25) is 0 Å². The van der Waals surface area contributed by atoms with Crippen LogP contribution in [0.4, 0.5) is 8.78 Å². The molecule has 0 unspecified atom stereocenters. The Balaban J connectivity index is 2.32. The van der Waals surface area contributed by atoms with E-state index < -0.39 is 23.2 Å². The molecule has 0 spiro atoms. The molecular formula is C11H23F2N3O2S. The average molecular weight is 299 g/mol. The van der Waals surface area contributed by atoms with E-state index in [1.807, 2.05) is 4.72 Å². The third-order valence-corrected chi connectivity index (χ3v) is 4.77. The standard InChI is InChI=1S/C11H23F2N3O2S/c1-2-5-14-8-10-3-6-16(7-4-10)19(17,18)15-9-11(12)13/h10-11,14-15H,2-9H2,1H3. The minimum absolute atomic E-state index is 0.400. The average Bonchev–Trinajstić information content (AvgIpc) is 2.37. The van der Waals surface area contributed by atoms with Crippen molar-refractivity contribution in [2.24, 2.45) is 5.92 Å². The normalized spacial score (nSPS) is 19.2. The maximum Gasteiger partial charge on any atom is 0.279 e. The summed E-state index contributed by atoms with van der Waals surface area (Å²) in [5.74, 6) is 0.466. The van der Waals surface area contributed by atoms with Crippen LogP contribution in [0.5, 0.6) is 0 Å². The molecule has 0 bridgehead atoms. The third-order valence-electron chi connectivity index (χ3n) is 3.19. The van der Waals surface area contributed by atoms with E-state index >= 15 is 0 Å². The van der Waals surface area contributed by atoms with Crippen molar-refractivity contribution in [1.29, 1.82) is 0 Å². The van der Waals surface area contributed by atoms with Crippen molar-refractivity contribution in [3.05, 3.63) is 0 Å². The number of nitrogens with zero attached hydrogens (tertiary/aromatic N) is 1. The zero-order chi connectivity index (χ0) is 14.3. The topological polar surface area (TPSA) is 61.4 Å². The summed E-state index contributed by atoms with van der Waals surface area (Å²) in [7, 11) is -3.74. The first-order valence-corrected chi connectivity index (χ1v) is 8.13. The smallest absolute Gasteiger partial charge is 0.279 e. The summed E-state index contributed by atoms with van der Waals surface area (Å²) < 4.78 is 50.7. The maximum atomic E-state index is 12.0. The fraction of sp³-hybridized carbons (Fsp3) is 1.00.